The molecular formula is C26H36ClN3O4S. The van der Waals surface area contributed by atoms with Gasteiger partial charge in [-0.2, -0.15) is 0 Å². The normalized spacial score (nSPS) is 12.6. The Labute approximate surface area is 214 Å². The number of halogens is 1. The minimum Gasteiger partial charge on any atom is -0.350 e. The number of hydrogen-bond acceptors (Lipinski definition) is 4. The van der Waals surface area contributed by atoms with Crippen LogP contribution in [0.15, 0.2) is 54.6 Å². The molecule has 0 bridgehead atoms. The van der Waals surface area contributed by atoms with Crippen molar-refractivity contribution in [1.82, 2.24) is 10.2 Å². The van der Waals surface area contributed by atoms with Crippen molar-refractivity contribution >= 4 is 39.1 Å². The van der Waals surface area contributed by atoms with E-state index in [1.165, 1.54) is 4.31 Å². The molecule has 35 heavy (non-hydrogen) atoms. The number of carbonyl (C=O) groups excluding carboxylic acids is 2. The highest BCUT2D eigenvalue weighted by Gasteiger charge is 2.30. The van der Waals surface area contributed by atoms with Crippen LogP contribution in [0.1, 0.15) is 52.5 Å². The molecular weight excluding hydrogens is 486 g/mol. The first-order valence-corrected chi connectivity index (χ1v) is 13.9. The molecule has 0 aromatic heterocycles. The number of amides is 2. The van der Waals surface area contributed by atoms with Crippen LogP contribution in [0.4, 0.5) is 5.69 Å². The van der Waals surface area contributed by atoms with E-state index in [0.717, 1.165) is 11.8 Å². The minimum absolute atomic E-state index is 0.0959. The van der Waals surface area contributed by atoms with Crippen molar-refractivity contribution in [2.24, 2.45) is 0 Å². The van der Waals surface area contributed by atoms with Gasteiger partial charge in [-0.3, -0.25) is 13.9 Å². The molecule has 2 amide bonds. The molecule has 0 unspecified atom stereocenters. The quantitative estimate of drug-likeness (QED) is 0.468. The van der Waals surface area contributed by atoms with Gasteiger partial charge in [-0.1, -0.05) is 54.9 Å². The summed E-state index contributed by atoms with van der Waals surface area (Å²) in [5.74, 6) is -0.412. The van der Waals surface area contributed by atoms with Gasteiger partial charge in [-0.05, 0) is 57.4 Å². The van der Waals surface area contributed by atoms with E-state index >= 15 is 0 Å². The summed E-state index contributed by atoms with van der Waals surface area (Å²) in [6, 6.07) is 15.5. The summed E-state index contributed by atoms with van der Waals surface area (Å²) in [6.07, 6.45) is 1.97. The summed E-state index contributed by atoms with van der Waals surface area (Å²) in [5, 5.41) is 3.41. The van der Waals surface area contributed by atoms with E-state index in [-0.39, 0.29) is 24.8 Å². The second-order valence-corrected chi connectivity index (χ2v) is 11.9. The van der Waals surface area contributed by atoms with Gasteiger partial charge in [0.1, 0.15) is 6.04 Å². The lowest BCUT2D eigenvalue weighted by atomic mass is 10.0. The number of carbonyl (C=O) groups is 2. The van der Waals surface area contributed by atoms with Crippen LogP contribution in [0.5, 0.6) is 0 Å². The van der Waals surface area contributed by atoms with Gasteiger partial charge in [0.2, 0.25) is 21.8 Å². The lowest BCUT2D eigenvalue weighted by Crippen LogP contribution is -2.53. The molecule has 2 aromatic rings. The summed E-state index contributed by atoms with van der Waals surface area (Å²) in [7, 11) is -3.57. The first-order chi connectivity index (χ1) is 16.3. The number of rotatable bonds is 11. The second-order valence-electron chi connectivity index (χ2n) is 9.59. The van der Waals surface area contributed by atoms with Crippen molar-refractivity contribution in [3.63, 3.8) is 0 Å². The number of nitrogens with one attached hydrogen (secondary N) is 1. The highest BCUT2D eigenvalue weighted by molar-refractivity contribution is 7.92. The Morgan fingerprint density at radius 1 is 1.06 bits per heavy atom. The van der Waals surface area contributed by atoms with Gasteiger partial charge in [0, 0.05) is 30.1 Å². The minimum atomic E-state index is -3.57. The van der Waals surface area contributed by atoms with Crippen LogP contribution in [-0.2, 0) is 26.2 Å². The zero-order chi connectivity index (χ0) is 26.2. The first kappa shape index (κ1) is 28.7. The van der Waals surface area contributed by atoms with E-state index in [0.29, 0.717) is 30.1 Å². The summed E-state index contributed by atoms with van der Waals surface area (Å²) >= 11 is 6.05. The summed E-state index contributed by atoms with van der Waals surface area (Å²) in [6.45, 7) is 7.99. The van der Waals surface area contributed by atoms with E-state index in [1.807, 2.05) is 58.0 Å². The molecule has 2 rings (SSSR count). The van der Waals surface area contributed by atoms with Crippen molar-refractivity contribution in [3.8, 4) is 0 Å². The number of sulfonamides is 1. The van der Waals surface area contributed by atoms with Crippen molar-refractivity contribution in [3.05, 3.63) is 65.2 Å². The number of nitrogens with zero attached hydrogens (tertiary/aromatic N) is 2. The van der Waals surface area contributed by atoms with Crippen LogP contribution >= 0.6 is 11.6 Å². The largest absolute Gasteiger partial charge is 0.350 e. The number of hydrogen-bond donors (Lipinski definition) is 1. The first-order valence-electron chi connectivity index (χ1n) is 11.7. The van der Waals surface area contributed by atoms with Crippen LogP contribution in [0, 0.1) is 0 Å². The van der Waals surface area contributed by atoms with Crippen molar-refractivity contribution in [2.75, 3.05) is 17.1 Å². The molecule has 0 heterocycles. The monoisotopic (exact) mass is 521 g/mol. The second kappa shape index (κ2) is 12.4. The smallest absolute Gasteiger partial charge is 0.243 e. The maximum atomic E-state index is 13.4. The predicted molar refractivity (Wildman–Crippen MR) is 142 cm³/mol. The van der Waals surface area contributed by atoms with Crippen LogP contribution in [0.3, 0.4) is 0 Å². The van der Waals surface area contributed by atoms with Gasteiger partial charge in [0.05, 0.1) is 11.9 Å². The van der Waals surface area contributed by atoms with Crippen molar-refractivity contribution in [2.45, 2.75) is 65.1 Å². The van der Waals surface area contributed by atoms with Crippen LogP contribution < -0.4 is 9.62 Å². The van der Waals surface area contributed by atoms with Gasteiger partial charge < -0.3 is 10.2 Å². The topological polar surface area (TPSA) is 86.8 Å². The Hall–Kier alpha value is -2.58. The molecule has 0 radical (unpaired) electrons. The van der Waals surface area contributed by atoms with E-state index in [2.05, 4.69) is 5.32 Å². The molecule has 7 nitrogen and oxygen atoms in total. The Morgan fingerprint density at radius 3 is 2.26 bits per heavy atom. The maximum absolute atomic E-state index is 13.4. The molecule has 0 spiro atoms. The van der Waals surface area contributed by atoms with Crippen LogP contribution in [-0.4, -0.2) is 49.5 Å². The molecule has 0 aliphatic carbocycles. The highest BCUT2D eigenvalue weighted by Crippen LogP contribution is 2.23. The highest BCUT2D eigenvalue weighted by atomic mass is 35.5. The zero-order valence-electron chi connectivity index (χ0n) is 21.1. The predicted octanol–water partition coefficient (Wildman–Crippen LogP) is 4.61. The van der Waals surface area contributed by atoms with Gasteiger partial charge >= 0.3 is 0 Å². The third-order valence-corrected chi connectivity index (χ3v) is 6.76. The Morgan fingerprint density at radius 2 is 1.71 bits per heavy atom. The van der Waals surface area contributed by atoms with Crippen molar-refractivity contribution < 1.29 is 18.0 Å². The molecule has 0 aliphatic heterocycles. The van der Waals surface area contributed by atoms with Crippen LogP contribution in [0.25, 0.3) is 0 Å². The number of benzene rings is 2. The molecule has 1 atom stereocenters. The summed E-state index contributed by atoms with van der Waals surface area (Å²) in [4.78, 5) is 28.0. The third kappa shape index (κ3) is 9.18. The van der Waals surface area contributed by atoms with E-state index in [9.17, 15) is 18.0 Å². The molecule has 9 heteroatoms. The molecule has 0 saturated carbocycles. The lowest BCUT2D eigenvalue weighted by molar-refractivity contribution is -0.142. The number of anilines is 1. The SMILES string of the molecule is CC[C@@H](C(=O)NC(C)(C)C)N(Cc1ccccc1)C(=O)CCCN(c1cccc(Cl)c1)S(C)(=O)=O. The Kier molecular flexibility index (Phi) is 10.2. The van der Waals surface area contributed by atoms with Gasteiger partial charge in [0.15, 0.2) is 0 Å². The van der Waals surface area contributed by atoms with E-state index < -0.39 is 21.6 Å². The lowest BCUT2D eigenvalue weighted by Gasteiger charge is -2.33. The zero-order valence-corrected chi connectivity index (χ0v) is 22.7. The maximum Gasteiger partial charge on any atom is 0.243 e. The van der Waals surface area contributed by atoms with E-state index in [1.54, 1.807) is 29.2 Å². The summed E-state index contributed by atoms with van der Waals surface area (Å²) in [5.41, 5.74) is 0.933. The fourth-order valence-electron chi connectivity index (χ4n) is 3.79. The fourth-order valence-corrected chi connectivity index (χ4v) is 4.93. The molecule has 0 aliphatic rings. The summed E-state index contributed by atoms with van der Waals surface area (Å²) < 4.78 is 26.1. The van der Waals surface area contributed by atoms with Crippen molar-refractivity contribution in [1.29, 1.82) is 0 Å². The van der Waals surface area contributed by atoms with Gasteiger partial charge in [-0.15, -0.1) is 0 Å². The van der Waals surface area contributed by atoms with Gasteiger partial charge in [-0.25, -0.2) is 8.42 Å². The third-order valence-electron chi connectivity index (χ3n) is 5.33. The molecule has 2 aromatic carbocycles. The molecule has 0 saturated heterocycles. The Balaban J connectivity index is 2.21. The van der Waals surface area contributed by atoms with Gasteiger partial charge in [0.25, 0.3) is 0 Å². The standard InChI is InChI=1S/C26H36ClN3O4S/c1-6-23(25(32)28-26(2,3)4)29(19-20-12-8-7-9-13-20)24(31)16-11-17-30(35(5,33)34)22-15-10-14-21(27)18-22/h7-10,12-15,18,23H,6,11,16-17,19H2,1-5H3,(H,28,32)/t23-/m0/s1. The van der Waals surface area contributed by atoms with Crippen LogP contribution in [0.2, 0.25) is 5.02 Å². The fraction of sp³-hybridized carbons (Fsp3) is 0.462. The average molecular weight is 522 g/mol. The van der Waals surface area contributed by atoms with E-state index in [4.69, 9.17) is 11.6 Å². The Bertz CT molecular complexity index is 1100. The average Bonchev–Trinajstić information content (AvgIpc) is 2.75. The molecule has 1 N–H and O–H groups in total. The molecule has 192 valence electrons. The molecule has 0 fully saturated rings.